The fourth-order valence-electron chi connectivity index (χ4n) is 8.68. The van der Waals surface area contributed by atoms with Gasteiger partial charge in [0.25, 0.3) is 0 Å². The van der Waals surface area contributed by atoms with Crippen LogP contribution in [0.5, 0.6) is 0 Å². The van der Waals surface area contributed by atoms with Crippen molar-refractivity contribution in [1.29, 1.82) is 15.8 Å². The zero-order chi connectivity index (χ0) is 44.5. The van der Waals surface area contributed by atoms with Crippen LogP contribution in [0.25, 0.3) is 88.4 Å². The Morgan fingerprint density at radius 3 is 1.22 bits per heavy atom. The van der Waals surface area contributed by atoms with Gasteiger partial charge in [-0.05, 0) is 119 Å². The number of rotatable bonds is 5. The van der Waals surface area contributed by atoms with Gasteiger partial charge in [0.05, 0.1) is 73.4 Å². The average molecular weight is 848 g/mol. The minimum atomic E-state index is -5.13. The summed E-state index contributed by atoms with van der Waals surface area (Å²) in [4.78, 5) is 0. The predicted octanol–water partition coefficient (Wildman–Crippen LogP) is 14.5. The second-order valence-electron chi connectivity index (χ2n) is 15.3. The first-order chi connectivity index (χ1) is 30.8. The van der Waals surface area contributed by atoms with Crippen LogP contribution in [0.3, 0.4) is 0 Å². The number of hydrogen-bond acceptors (Lipinski definition) is 3. The highest BCUT2D eigenvalue weighted by Crippen LogP contribution is 2.45. The fraction of sp³-hybridized carbons (Fsp3) is 0.0377. The molecule has 5 nitrogen and oxygen atoms in total. The van der Waals surface area contributed by atoms with E-state index in [4.69, 9.17) is 0 Å². The molecule has 10 rings (SSSR count). The molecule has 10 aromatic rings. The third-order valence-electron chi connectivity index (χ3n) is 11.7. The van der Waals surface area contributed by atoms with Crippen molar-refractivity contribution >= 4 is 43.6 Å². The van der Waals surface area contributed by atoms with E-state index in [0.29, 0.717) is 33.2 Å². The maximum absolute atomic E-state index is 14.6. The van der Waals surface area contributed by atoms with Gasteiger partial charge in [-0.2, -0.15) is 42.1 Å². The van der Waals surface area contributed by atoms with Crippen LogP contribution in [-0.2, 0) is 12.4 Å². The molecular weight excluding hydrogens is 821 g/mol. The van der Waals surface area contributed by atoms with Crippen LogP contribution < -0.4 is 0 Å². The molecule has 2 heterocycles. The normalized spacial score (nSPS) is 11.9. The van der Waals surface area contributed by atoms with Gasteiger partial charge in [-0.15, -0.1) is 0 Å². The lowest BCUT2D eigenvalue weighted by Crippen LogP contribution is -2.11. The van der Waals surface area contributed by atoms with Gasteiger partial charge < -0.3 is 9.13 Å². The minimum Gasteiger partial charge on any atom is -0.309 e. The third kappa shape index (κ3) is 6.57. The first kappa shape index (κ1) is 39.5. The zero-order valence-electron chi connectivity index (χ0n) is 33.1. The lowest BCUT2D eigenvalue weighted by atomic mass is 9.95. The molecule has 0 aliphatic heterocycles. The minimum absolute atomic E-state index is 0.0181. The van der Waals surface area contributed by atoms with E-state index in [2.05, 4.69) is 18.2 Å². The Morgan fingerprint density at radius 1 is 0.359 bits per heavy atom. The quantitative estimate of drug-likeness (QED) is 0.162. The second-order valence-corrected chi connectivity index (χ2v) is 15.3. The van der Waals surface area contributed by atoms with Crippen molar-refractivity contribution in [2.45, 2.75) is 12.4 Å². The number of fused-ring (bicyclic) bond motifs is 6. The van der Waals surface area contributed by atoms with E-state index >= 15 is 0 Å². The largest absolute Gasteiger partial charge is 0.416 e. The summed E-state index contributed by atoms with van der Waals surface area (Å²) in [6, 6.07) is 51.4. The number of aromatic nitrogens is 2. The Balaban J connectivity index is 1.29. The van der Waals surface area contributed by atoms with Gasteiger partial charge in [0.15, 0.2) is 0 Å². The van der Waals surface area contributed by atoms with E-state index in [1.54, 1.807) is 34.9 Å². The summed E-state index contributed by atoms with van der Waals surface area (Å²) in [5, 5.41) is 32.8. The van der Waals surface area contributed by atoms with Crippen molar-refractivity contribution in [3.05, 3.63) is 192 Å². The first-order valence-electron chi connectivity index (χ1n) is 19.8. The van der Waals surface area contributed by atoms with Crippen LogP contribution in [0.1, 0.15) is 27.8 Å². The molecule has 306 valence electrons. The summed E-state index contributed by atoms with van der Waals surface area (Å²) in [6.45, 7) is 0. The molecule has 11 heteroatoms. The van der Waals surface area contributed by atoms with Crippen molar-refractivity contribution in [2.75, 3.05) is 0 Å². The average Bonchev–Trinajstić information content (AvgIpc) is 3.82. The summed E-state index contributed by atoms with van der Waals surface area (Å²) < 4.78 is 91.0. The third-order valence-corrected chi connectivity index (χ3v) is 11.7. The standard InChI is InChI=1S/C53H27F6N5/c54-52(55,56)39-21-37(22-40(26-39)53(57,58)59)43-27-50(63-46-7-3-1-5-41(46)44-23-35(17-19-48(44)63)33-13-9-31(28-60)10-14-33)38(30-62)25-51(43)64-47-8-4-2-6-42(47)45-24-36(18-20-49(45)64)34-15-11-32(29-61)12-16-34/h1-27H. The van der Waals surface area contributed by atoms with Crippen LogP contribution in [-0.4, -0.2) is 9.13 Å². The Bertz CT molecular complexity index is 3630. The molecule has 0 N–H and O–H groups in total. The van der Waals surface area contributed by atoms with Gasteiger partial charge >= 0.3 is 12.4 Å². The van der Waals surface area contributed by atoms with Crippen LogP contribution in [0.2, 0.25) is 0 Å². The van der Waals surface area contributed by atoms with Crippen LogP contribution in [0.4, 0.5) is 26.3 Å². The van der Waals surface area contributed by atoms with Crippen molar-refractivity contribution in [2.24, 2.45) is 0 Å². The van der Waals surface area contributed by atoms with E-state index in [1.807, 2.05) is 108 Å². The molecule has 0 radical (unpaired) electrons. The molecule has 0 saturated heterocycles. The van der Waals surface area contributed by atoms with Crippen molar-refractivity contribution in [3.63, 3.8) is 0 Å². The fourth-order valence-corrected chi connectivity index (χ4v) is 8.68. The topological polar surface area (TPSA) is 81.2 Å². The molecular formula is C53H27F6N5. The summed E-state index contributed by atoms with van der Waals surface area (Å²) >= 11 is 0. The number of nitrogens with zero attached hydrogens (tertiary/aromatic N) is 5. The number of hydrogen-bond donors (Lipinski definition) is 0. The Morgan fingerprint density at radius 2 is 0.781 bits per heavy atom. The van der Waals surface area contributed by atoms with Gasteiger partial charge in [0.2, 0.25) is 0 Å². The smallest absolute Gasteiger partial charge is 0.309 e. The van der Waals surface area contributed by atoms with Gasteiger partial charge in [-0.3, -0.25) is 0 Å². The summed E-state index contributed by atoms with van der Waals surface area (Å²) in [7, 11) is 0. The monoisotopic (exact) mass is 847 g/mol. The molecule has 0 atom stereocenters. The Hall–Kier alpha value is -8.59. The predicted molar refractivity (Wildman–Crippen MR) is 236 cm³/mol. The molecule has 0 amide bonds. The van der Waals surface area contributed by atoms with Crippen LogP contribution in [0.15, 0.2) is 164 Å². The lowest BCUT2D eigenvalue weighted by Gasteiger charge is -2.20. The molecule has 64 heavy (non-hydrogen) atoms. The highest BCUT2D eigenvalue weighted by atomic mass is 19.4. The molecule has 0 unspecified atom stereocenters. The highest BCUT2D eigenvalue weighted by molar-refractivity contribution is 6.12. The van der Waals surface area contributed by atoms with Gasteiger partial charge in [-0.1, -0.05) is 72.8 Å². The van der Waals surface area contributed by atoms with Crippen LogP contribution in [0, 0.1) is 34.0 Å². The summed E-state index contributed by atoms with van der Waals surface area (Å²) in [5.74, 6) is 0. The Kier molecular flexibility index (Phi) is 9.14. The lowest BCUT2D eigenvalue weighted by molar-refractivity contribution is -0.143. The molecule has 0 aliphatic carbocycles. The molecule has 0 saturated carbocycles. The highest BCUT2D eigenvalue weighted by Gasteiger charge is 2.37. The number of alkyl halides is 6. The van der Waals surface area contributed by atoms with Crippen molar-refractivity contribution in [3.8, 4) is 63.0 Å². The van der Waals surface area contributed by atoms with Gasteiger partial charge in [-0.25, -0.2) is 0 Å². The van der Waals surface area contributed by atoms with E-state index < -0.39 is 23.5 Å². The molecule has 8 aromatic carbocycles. The maximum atomic E-state index is 14.6. The van der Waals surface area contributed by atoms with Crippen molar-refractivity contribution in [1.82, 2.24) is 9.13 Å². The van der Waals surface area contributed by atoms with E-state index in [9.17, 15) is 42.1 Å². The second kappa shape index (κ2) is 14.8. The van der Waals surface area contributed by atoms with E-state index in [0.717, 1.165) is 55.9 Å². The molecule has 0 bridgehead atoms. The van der Waals surface area contributed by atoms with Crippen LogP contribution >= 0.6 is 0 Å². The first-order valence-corrected chi connectivity index (χ1v) is 19.8. The zero-order valence-corrected chi connectivity index (χ0v) is 33.1. The van der Waals surface area contributed by atoms with Crippen molar-refractivity contribution < 1.29 is 26.3 Å². The van der Waals surface area contributed by atoms with Gasteiger partial charge in [0, 0.05) is 27.1 Å². The van der Waals surface area contributed by atoms with Gasteiger partial charge in [0.1, 0.15) is 6.07 Å². The number of benzene rings is 8. The Labute approximate surface area is 360 Å². The molecule has 0 spiro atoms. The molecule has 0 fully saturated rings. The number of para-hydroxylation sites is 2. The number of halogens is 6. The molecule has 2 aromatic heterocycles. The summed E-state index contributed by atoms with van der Waals surface area (Å²) in [5.41, 5.74) is 4.06. The molecule has 0 aliphatic rings. The SMILES string of the molecule is N#Cc1ccc(-c2ccc3c(c2)c2ccccc2n3-c2cc(-c3cc(C(F)(F)F)cc(C(F)(F)F)c3)c(-n3c4ccccc4c4cc(-c5ccc(C#N)cc5)ccc43)cc2C#N)cc1. The van der Waals surface area contributed by atoms with E-state index in [1.165, 1.54) is 12.1 Å². The van der Waals surface area contributed by atoms with E-state index in [-0.39, 0.29) is 34.1 Å². The number of nitriles is 3. The summed E-state index contributed by atoms with van der Waals surface area (Å²) in [6.07, 6.45) is -10.3. The maximum Gasteiger partial charge on any atom is 0.416 e.